The smallest absolute Gasteiger partial charge is 0.153 e. The lowest BCUT2D eigenvalue weighted by atomic mass is 10.1. The Morgan fingerprint density at radius 1 is 1.47 bits per heavy atom. The number of hydrogen-bond donors (Lipinski definition) is 0. The summed E-state index contributed by atoms with van der Waals surface area (Å²) >= 11 is 6.19. The van der Waals surface area contributed by atoms with Crippen LogP contribution in [0, 0.1) is 23.2 Å². The van der Waals surface area contributed by atoms with Gasteiger partial charge in [0.05, 0.1) is 19.1 Å². The molecule has 86 valence electrons. The Balaban J connectivity index is 4.31. The average molecular weight is 248 g/mol. The first-order chi connectivity index (χ1) is 6.99. The van der Waals surface area contributed by atoms with E-state index in [1.807, 2.05) is 6.07 Å². The van der Waals surface area contributed by atoms with Crippen molar-refractivity contribution in [1.29, 1.82) is 5.26 Å². The second kappa shape index (κ2) is 8.11. The molecule has 0 aromatic rings. The van der Waals surface area contributed by atoms with E-state index in [4.69, 9.17) is 21.0 Å². The number of nitrogens with zero attached hydrogens (tertiary/aromatic N) is 1. The molecule has 0 heterocycles. The first kappa shape index (κ1) is 14.9. The van der Waals surface area contributed by atoms with E-state index in [1.54, 1.807) is 0 Å². The molecule has 1 atom stereocenters. The molecule has 0 fully saturated rings. The maximum Gasteiger partial charge on any atom is 0.153 e. The Morgan fingerprint density at radius 2 is 2.07 bits per heavy atom. The minimum absolute atomic E-state index is 0.401. The van der Waals surface area contributed by atoms with Crippen LogP contribution in [-0.2, 0) is 4.52 Å². The van der Waals surface area contributed by atoms with Crippen LogP contribution < -0.4 is 0 Å². The van der Waals surface area contributed by atoms with Gasteiger partial charge < -0.3 is 4.52 Å². The van der Waals surface area contributed by atoms with Gasteiger partial charge in [-0.2, -0.15) is 5.26 Å². The molecule has 2 nitrogen and oxygen atoms in total. The van der Waals surface area contributed by atoms with Gasteiger partial charge in [-0.3, -0.25) is 0 Å². The van der Waals surface area contributed by atoms with Crippen molar-refractivity contribution in [2.45, 2.75) is 34.1 Å². The lowest BCUT2D eigenvalue weighted by molar-refractivity contribution is 0.371. The summed E-state index contributed by atoms with van der Waals surface area (Å²) in [7, 11) is -1.05. The molecule has 0 N–H and O–H groups in total. The molecule has 0 aromatic carbocycles. The zero-order chi connectivity index (χ0) is 11.8. The predicted molar refractivity (Wildman–Crippen MR) is 66.7 cm³/mol. The highest BCUT2D eigenvalue weighted by Crippen LogP contribution is 2.54. The van der Waals surface area contributed by atoms with E-state index in [0.29, 0.717) is 24.9 Å². The molecule has 0 aliphatic carbocycles. The average Bonchev–Trinajstić information content (AvgIpc) is 2.13. The van der Waals surface area contributed by atoms with Gasteiger partial charge in [0.25, 0.3) is 0 Å². The van der Waals surface area contributed by atoms with Gasteiger partial charge in [0, 0.05) is 0 Å². The Kier molecular flexibility index (Phi) is 8.06. The zero-order valence-electron chi connectivity index (χ0n) is 9.83. The van der Waals surface area contributed by atoms with E-state index in [2.05, 4.69) is 33.8 Å². The van der Waals surface area contributed by atoms with Crippen LogP contribution in [0.5, 0.6) is 0 Å². The van der Waals surface area contributed by atoms with Crippen molar-refractivity contribution in [2.75, 3.05) is 6.61 Å². The fraction of sp³-hybridized carbons (Fsp3) is 0.727. The third-order valence-corrected chi connectivity index (χ3v) is 4.08. The molecule has 0 amide bonds. The van der Waals surface area contributed by atoms with Crippen LogP contribution in [0.25, 0.3) is 0 Å². The van der Waals surface area contributed by atoms with Crippen molar-refractivity contribution in [1.82, 2.24) is 0 Å². The van der Waals surface area contributed by atoms with E-state index in [0.717, 1.165) is 0 Å². The number of hydrogen-bond acceptors (Lipinski definition) is 2. The Hall–Kier alpha value is -0.0900. The first-order valence-corrected chi connectivity index (χ1v) is 7.33. The second-order valence-electron chi connectivity index (χ2n) is 3.98. The summed E-state index contributed by atoms with van der Waals surface area (Å²) in [6, 6.07) is 2.04. The molecule has 4 heteroatoms. The molecule has 0 saturated carbocycles. The predicted octanol–water partition coefficient (Wildman–Crippen LogP) is 4.66. The monoisotopic (exact) mass is 247 g/mol. The van der Waals surface area contributed by atoms with E-state index < -0.39 is 7.50 Å². The van der Waals surface area contributed by atoms with Crippen LogP contribution in [0.2, 0.25) is 0 Å². The second-order valence-corrected chi connectivity index (χ2v) is 6.16. The van der Waals surface area contributed by atoms with E-state index in [1.165, 1.54) is 5.31 Å². The Bertz CT molecular complexity index is 245. The van der Waals surface area contributed by atoms with Gasteiger partial charge in [-0.1, -0.05) is 45.0 Å². The van der Waals surface area contributed by atoms with Gasteiger partial charge in [0.1, 0.15) is 0 Å². The Labute approximate surface area is 98.9 Å². The molecular formula is C11H19ClNOP. The summed E-state index contributed by atoms with van der Waals surface area (Å²) in [6.07, 6.45) is 2.56. The van der Waals surface area contributed by atoms with Gasteiger partial charge in [-0.25, -0.2) is 0 Å². The molecule has 0 rings (SSSR count). The molecule has 0 radical (unpaired) electrons. The van der Waals surface area contributed by atoms with Gasteiger partial charge >= 0.3 is 0 Å². The van der Waals surface area contributed by atoms with Gasteiger partial charge in [-0.15, -0.1) is 0 Å². The van der Waals surface area contributed by atoms with Crippen molar-refractivity contribution < 1.29 is 4.52 Å². The first-order valence-electron chi connectivity index (χ1n) is 5.16. The molecule has 15 heavy (non-hydrogen) atoms. The molecule has 0 aromatic heterocycles. The quantitative estimate of drug-likeness (QED) is 0.505. The van der Waals surface area contributed by atoms with Gasteiger partial charge in [0.2, 0.25) is 0 Å². The third-order valence-electron chi connectivity index (χ3n) is 1.72. The lowest BCUT2D eigenvalue weighted by Gasteiger charge is -2.18. The highest BCUT2D eigenvalue weighted by Gasteiger charge is 2.16. The molecule has 0 aliphatic rings. The van der Waals surface area contributed by atoms with Crippen molar-refractivity contribution >= 4 is 18.7 Å². The van der Waals surface area contributed by atoms with Gasteiger partial charge in [0.15, 0.2) is 7.50 Å². The molecule has 0 spiro atoms. The number of nitriles is 1. The highest BCUT2D eigenvalue weighted by atomic mass is 35.7. The summed E-state index contributed by atoms with van der Waals surface area (Å²) in [5, 5.41) is 9.56. The van der Waals surface area contributed by atoms with E-state index in [-0.39, 0.29) is 0 Å². The minimum Gasteiger partial charge on any atom is -0.339 e. The standard InChI is InChI=1S/C11H19ClNOP/c1-9(2)8-11(10(3)4)15(12)14-7-5-6-13/h8-10H,5,7H2,1-4H3/b11-8-. The third kappa shape index (κ3) is 6.90. The van der Waals surface area contributed by atoms with Gasteiger partial charge in [-0.05, 0) is 17.2 Å². The summed E-state index contributed by atoms with van der Waals surface area (Å²) in [4.78, 5) is 0. The van der Waals surface area contributed by atoms with Crippen LogP contribution in [-0.4, -0.2) is 6.61 Å². The molecule has 0 aliphatic heterocycles. The topological polar surface area (TPSA) is 33.0 Å². The minimum atomic E-state index is -1.05. The number of rotatable bonds is 6. The largest absolute Gasteiger partial charge is 0.339 e. The van der Waals surface area contributed by atoms with Crippen LogP contribution >= 0.6 is 18.7 Å². The lowest BCUT2D eigenvalue weighted by Crippen LogP contribution is -1.96. The fourth-order valence-electron chi connectivity index (χ4n) is 1.04. The highest BCUT2D eigenvalue weighted by molar-refractivity contribution is 7.83. The summed E-state index contributed by atoms with van der Waals surface area (Å²) < 4.78 is 5.45. The van der Waals surface area contributed by atoms with Crippen molar-refractivity contribution in [3.05, 3.63) is 11.4 Å². The molecule has 1 unspecified atom stereocenters. The molecule has 0 bridgehead atoms. The van der Waals surface area contributed by atoms with Crippen LogP contribution in [0.4, 0.5) is 0 Å². The zero-order valence-corrected chi connectivity index (χ0v) is 11.5. The van der Waals surface area contributed by atoms with Crippen LogP contribution in [0.15, 0.2) is 11.4 Å². The van der Waals surface area contributed by atoms with Crippen molar-refractivity contribution in [3.63, 3.8) is 0 Å². The number of allylic oxidation sites excluding steroid dienone is 2. The van der Waals surface area contributed by atoms with Crippen molar-refractivity contribution in [2.24, 2.45) is 11.8 Å². The summed E-state index contributed by atoms with van der Waals surface area (Å²) in [5.74, 6) is 0.879. The van der Waals surface area contributed by atoms with E-state index >= 15 is 0 Å². The van der Waals surface area contributed by atoms with E-state index in [9.17, 15) is 0 Å². The molecule has 0 saturated heterocycles. The SMILES string of the molecule is CC(C)/C=C(/C(C)C)P(Cl)OCCC#N. The van der Waals surface area contributed by atoms with Crippen LogP contribution in [0.3, 0.4) is 0 Å². The summed E-state index contributed by atoms with van der Waals surface area (Å²) in [6.45, 7) is 8.89. The Morgan fingerprint density at radius 3 is 2.47 bits per heavy atom. The summed E-state index contributed by atoms with van der Waals surface area (Å²) in [5.41, 5.74) is 0. The molecular weight excluding hydrogens is 229 g/mol. The fourth-order valence-corrected chi connectivity index (χ4v) is 3.23. The maximum atomic E-state index is 8.39. The van der Waals surface area contributed by atoms with Crippen LogP contribution in [0.1, 0.15) is 34.1 Å². The van der Waals surface area contributed by atoms with Crippen molar-refractivity contribution in [3.8, 4) is 6.07 Å². The number of halogens is 1. The normalized spacial score (nSPS) is 14.4. The maximum absolute atomic E-state index is 8.39.